The second-order valence-corrected chi connectivity index (χ2v) is 5.52. The largest absolute Gasteiger partial charge is 0.378 e. The molecule has 0 amide bonds. The summed E-state index contributed by atoms with van der Waals surface area (Å²) in [7, 11) is 1.98. The van der Waals surface area contributed by atoms with Crippen LogP contribution in [0.25, 0.3) is 0 Å². The fourth-order valence-electron chi connectivity index (χ4n) is 2.29. The van der Waals surface area contributed by atoms with Crippen molar-refractivity contribution in [3.63, 3.8) is 0 Å². The van der Waals surface area contributed by atoms with Gasteiger partial charge in [-0.3, -0.25) is 4.68 Å². The van der Waals surface area contributed by atoms with Crippen LogP contribution in [0.15, 0.2) is 4.47 Å². The number of hydrogen-bond donors (Lipinski definition) is 1. The minimum Gasteiger partial charge on any atom is -0.378 e. The van der Waals surface area contributed by atoms with Gasteiger partial charge < -0.3 is 10.1 Å². The maximum atomic E-state index is 5.55. The summed E-state index contributed by atoms with van der Waals surface area (Å²) in [6.07, 6.45) is 1.55. The van der Waals surface area contributed by atoms with E-state index in [-0.39, 0.29) is 0 Å². The van der Waals surface area contributed by atoms with Crippen LogP contribution in [0.3, 0.4) is 0 Å². The van der Waals surface area contributed by atoms with E-state index in [0.29, 0.717) is 12.0 Å². The zero-order valence-corrected chi connectivity index (χ0v) is 12.2. The minimum absolute atomic E-state index is 0.388. The summed E-state index contributed by atoms with van der Waals surface area (Å²) in [4.78, 5) is 0. The Morgan fingerprint density at radius 1 is 1.59 bits per heavy atom. The molecule has 4 nitrogen and oxygen atoms in total. The average molecular weight is 302 g/mol. The van der Waals surface area contributed by atoms with Gasteiger partial charge in [-0.05, 0) is 42.1 Å². The molecule has 96 valence electrons. The summed E-state index contributed by atoms with van der Waals surface area (Å²) in [6.45, 7) is 6.94. The summed E-state index contributed by atoms with van der Waals surface area (Å²) in [5.41, 5.74) is 2.25. The van der Waals surface area contributed by atoms with Crippen molar-refractivity contribution in [3.8, 4) is 0 Å². The Hall–Kier alpha value is -0.390. The van der Waals surface area contributed by atoms with Crippen LogP contribution in [-0.2, 0) is 18.3 Å². The van der Waals surface area contributed by atoms with E-state index in [0.717, 1.165) is 29.9 Å². The van der Waals surface area contributed by atoms with Crippen molar-refractivity contribution in [2.75, 3.05) is 13.2 Å². The molecule has 1 aromatic rings. The van der Waals surface area contributed by atoms with Crippen LogP contribution in [-0.4, -0.2) is 29.0 Å². The quantitative estimate of drug-likeness (QED) is 0.925. The van der Waals surface area contributed by atoms with Gasteiger partial charge in [-0.25, -0.2) is 0 Å². The monoisotopic (exact) mass is 301 g/mol. The molecule has 2 atom stereocenters. The molecule has 1 aromatic heterocycles. The molecule has 2 unspecified atom stereocenters. The van der Waals surface area contributed by atoms with Crippen LogP contribution >= 0.6 is 15.9 Å². The number of aromatic nitrogens is 2. The highest BCUT2D eigenvalue weighted by atomic mass is 79.9. The van der Waals surface area contributed by atoms with Crippen LogP contribution in [0.1, 0.15) is 24.7 Å². The lowest BCUT2D eigenvalue weighted by Gasteiger charge is -2.14. The number of hydrogen-bond acceptors (Lipinski definition) is 3. The predicted molar refractivity (Wildman–Crippen MR) is 70.9 cm³/mol. The van der Waals surface area contributed by atoms with Crippen LogP contribution in [0.4, 0.5) is 0 Å². The molecule has 0 saturated carbocycles. The Kier molecular flexibility index (Phi) is 4.22. The second-order valence-electron chi connectivity index (χ2n) is 4.73. The SMILES string of the molecule is Cc1nn(C)c(CNCC2CCOC2C)c1Br. The fraction of sp³-hybridized carbons (Fsp3) is 0.750. The molecule has 0 aliphatic carbocycles. The van der Waals surface area contributed by atoms with Crippen molar-refractivity contribution in [1.82, 2.24) is 15.1 Å². The molecule has 1 saturated heterocycles. The first-order chi connectivity index (χ1) is 8.09. The van der Waals surface area contributed by atoms with E-state index in [1.165, 1.54) is 12.1 Å². The number of nitrogens with one attached hydrogen (secondary N) is 1. The van der Waals surface area contributed by atoms with Gasteiger partial charge >= 0.3 is 0 Å². The normalized spacial score (nSPS) is 24.5. The topological polar surface area (TPSA) is 39.1 Å². The molecular weight excluding hydrogens is 282 g/mol. The van der Waals surface area contributed by atoms with E-state index in [2.05, 4.69) is 33.3 Å². The number of rotatable bonds is 4. The lowest BCUT2D eigenvalue weighted by atomic mass is 10.0. The third-order valence-electron chi connectivity index (χ3n) is 3.49. The summed E-state index contributed by atoms with van der Waals surface area (Å²) >= 11 is 3.58. The van der Waals surface area contributed by atoms with Gasteiger partial charge in [0.2, 0.25) is 0 Å². The van der Waals surface area contributed by atoms with E-state index < -0.39 is 0 Å². The van der Waals surface area contributed by atoms with E-state index in [9.17, 15) is 0 Å². The minimum atomic E-state index is 0.388. The first-order valence-corrected chi connectivity index (χ1v) is 6.89. The van der Waals surface area contributed by atoms with Crippen molar-refractivity contribution in [2.24, 2.45) is 13.0 Å². The second kappa shape index (κ2) is 5.50. The van der Waals surface area contributed by atoms with Crippen molar-refractivity contribution in [2.45, 2.75) is 32.9 Å². The smallest absolute Gasteiger partial charge is 0.0739 e. The molecule has 2 rings (SSSR count). The van der Waals surface area contributed by atoms with Crippen molar-refractivity contribution >= 4 is 15.9 Å². The molecular formula is C12H20BrN3O. The molecule has 0 aromatic carbocycles. The molecule has 2 heterocycles. The molecule has 5 heteroatoms. The standard InChI is InChI=1S/C12H20BrN3O/c1-8-12(13)11(16(3)15-8)7-14-6-10-4-5-17-9(10)2/h9-10,14H,4-7H2,1-3H3. The van der Waals surface area contributed by atoms with E-state index in [1.807, 2.05) is 18.7 Å². The fourth-order valence-corrected chi connectivity index (χ4v) is 2.77. The molecule has 0 radical (unpaired) electrons. The molecule has 1 aliphatic heterocycles. The van der Waals surface area contributed by atoms with Gasteiger partial charge in [-0.1, -0.05) is 0 Å². The zero-order valence-electron chi connectivity index (χ0n) is 10.7. The summed E-state index contributed by atoms with van der Waals surface area (Å²) < 4.78 is 8.60. The van der Waals surface area contributed by atoms with Gasteiger partial charge in [0.1, 0.15) is 0 Å². The lowest BCUT2D eigenvalue weighted by molar-refractivity contribution is 0.105. The van der Waals surface area contributed by atoms with Gasteiger partial charge in [-0.15, -0.1) is 0 Å². The molecule has 1 N–H and O–H groups in total. The Morgan fingerprint density at radius 3 is 2.88 bits per heavy atom. The Morgan fingerprint density at radius 2 is 2.35 bits per heavy atom. The Bertz CT molecular complexity index is 391. The van der Waals surface area contributed by atoms with Gasteiger partial charge in [0.05, 0.1) is 22.0 Å². The number of aryl methyl sites for hydroxylation is 2. The highest BCUT2D eigenvalue weighted by molar-refractivity contribution is 9.10. The highest BCUT2D eigenvalue weighted by Crippen LogP contribution is 2.21. The van der Waals surface area contributed by atoms with Gasteiger partial charge in [0.15, 0.2) is 0 Å². The van der Waals surface area contributed by atoms with Crippen LogP contribution in [0.2, 0.25) is 0 Å². The lowest BCUT2D eigenvalue weighted by Crippen LogP contribution is -2.27. The Labute approximate surface area is 111 Å². The van der Waals surface area contributed by atoms with Crippen LogP contribution in [0.5, 0.6) is 0 Å². The van der Waals surface area contributed by atoms with E-state index in [4.69, 9.17) is 4.74 Å². The van der Waals surface area contributed by atoms with Crippen LogP contribution < -0.4 is 5.32 Å². The molecule has 17 heavy (non-hydrogen) atoms. The summed E-state index contributed by atoms with van der Waals surface area (Å²) in [5, 5.41) is 7.88. The third-order valence-corrected chi connectivity index (χ3v) is 4.53. The zero-order chi connectivity index (χ0) is 12.4. The van der Waals surface area contributed by atoms with Gasteiger partial charge in [0, 0.05) is 26.7 Å². The first kappa shape index (κ1) is 13.1. The third kappa shape index (κ3) is 2.89. The van der Waals surface area contributed by atoms with E-state index >= 15 is 0 Å². The van der Waals surface area contributed by atoms with Gasteiger partial charge in [0.25, 0.3) is 0 Å². The first-order valence-electron chi connectivity index (χ1n) is 6.10. The number of halogens is 1. The van der Waals surface area contributed by atoms with Crippen molar-refractivity contribution in [3.05, 3.63) is 15.9 Å². The summed E-state index contributed by atoms with van der Waals surface area (Å²) in [6, 6.07) is 0. The maximum Gasteiger partial charge on any atom is 0.0739 e. The van der Waals surface area contributed by atoms with Crippen molar-refractivity contribution in [1.29, 1.82) is 0 Å². The molecule has 0 spiro atoms. The predicted octanol–water partition coefficient (Wildman–Crippen LogP) is 2.01. The molecule has 1 fully saturated rings. The van der Waals surface area contributed by atoms with E-state index in [1.54, 1.807) is 0 Å². The molecule has 0 bridgehead atoms. The summed E-state index contributed by atoms with van der Waals surface area (Å²) in [5.74, 6) is 0.642. The van der Waals surface area contributed by atoms with Gasteiger partial charge in [-0.2, -0.15) is 5.10 Å². The Balaban J connectivity index is 1.85. The highest BCUT2D eigenvalue weighted by Gasteiger charge is 2.23. The van der Waals surface area contributed by atoms with Crippen molar-refractivity contribution < 1.29 is 4.74 Å². The number of ether oxygens (including phenoxy) is 1. The molecule has 1 aliphatic rings. The van der Waals surface area contributed by atoms with Crippen LogP contribution in [0, 0.1) is 12.8 Å². The average Bonchev–Trinajstić information content (AvgIpc) is 2.78. The number of nitrogens with zero attached hydrogens (tertiary/aromatic N) is 2. The maximum absolute atomic E-state index is 5.55.